The number of hydrogen-bond donors (Lipinski definition) is 2. The van der Waals surface area contributed by atoms with Gasteiger partial charge in [0.15, 0.2) is 0 Å². The van der Waals surface area contributed by atoms with Gasteiger partial charge < -0.3 is 5.32 Å². The summed E-state index contributed by atoms with van der Waals surface area (Å²) in [5.41, 5.74) is 5.18. The molecule has 3 aromatic carbocycles. The molecule has 0 bridgehead atoms. The number of thiazole rings is 1. The van der Waals surface area contributed by atoms with Crippen molar-refractivity contribution in [1.29, 1.82) is 0 Å². The van der Waals surface area contributed by atoms with Crippen LogP contribution in [0.1, 0.15) is 15.9 Å². The van der Waals surface area contributed by atoms with Crippen LogP contribution in [-0.2, 0) is 0 Å². The molecule has 0 radical (unpaired) electrons. The topological polar surface area (TPSA) is 110 Å². The minimum absolute atomic E-state index is 0.0267. The molecule has 0 saturated heterocycles. The minimum Gasteiger partial charge on any atom is -0.312 e. The lowest BCUT2D eigenvalue weighted by molar-refractivity contribution is -0.384. The number of nitro groups is 1. The Morgan fingerprint density at radius 2 is 1.85 bits per heavy atom. The second-order valence-corrected chi connectivity index (χ2v) is 9.24. The summed E-state index contributed by atoms with van der Waals surface area (Å²) in [6.45, 7) is 0. The molecule has 0 aliphatic rings. The van der Waals surface area contributed by atoms with Crippen LogP contribution in [0.4, 0.5) is 15.8 Å². The summed E-state index contributed by atoms with van der Waals surface area (Å²) in [7, 11) is 0. The monoisotopic (exact) mass is 555 g/mol. The van der Waals surface area contributed by atoms with Crippen LogP contribution in [0.2, 0.25) is 5.02 Å². The van der Waals surface area contributed by atoms with Gasteiger partial charge in [-0.1, -0.05) is 63.1 Å². The zero-order chi connectivity index (χ0) is 24.1. The van der Waals surface area contributed by atoms with Gasteiger partial charge in [-0.3, -0.25) is 20.3 Å². The van der Waals surface area contributed by atoms with E-state index in [1.54, 1.807) is 48.5 Å². The van der Waals surface area contributed by atoms with Crippen molar-refractivity contribution in [2.24, 2.45) is 5.10 Å². The molecule has 0 fully saturated rings. The molecular formula is C23H15BrClN5O3S. The molecule has 0 aliphatic heterocycles. The normalized spacial score (nSPS) is 10.9. The van der Waals surface area contributed by atoms with Crippen LogP contribution in [-0.4, -0.2) is 22.0 Å². The average Bonchev–Trinajstić information content (AvgIpc) is 3.22. The standard InChI is InChI=1S/C23H15BrClN5O3S/c24-17-8-4-16(5-9-17)21(31)28-22-20(15-6-10-18(25)11-7-15)27-23(34-22)29-26-13-14-2-1-3-19(12-14)30(32)33/h1-13H,(H,27,29)(H,28,31). The highest BCUT2D eigenvalue weighted by Gasteiger charge is 2.17. The van der Waals surface area contributed by atoms with E-state index in [0.29, 0.717) is 32.0 Å². The predicted molar refractivity (Wildman–Crippen MR) is 139 cm³/mol. The number of carbonyl (C=O) groups is 1. The van der Waals surface area contributed by atoms with Gasteiger partial charge in [0.2, 0.25) is 5.13 Å². The Balaban J connectivity index is 1.59. The van der Waals surface area contributed by atoms with Crippen molar-refractivity contribution in [1.82, 2.24) is 4.98 Å². The maximum absolute atomic E-state index is 12.8. The Labute approximate surface area is 211 Å². The Morgan fingerprint density at radius 1 is 1.12 bits per heavy atom. The van der Waals surface area contributed by atoms with Gasteiger partial charge in [-0.15, -0.1) is 0 Å². The summed E-state index contributed by atoms with van der Waals surface area (Å²) in [4.78, 5) is 27.8. The third-order valence-electron chi connectivity index (χ3n) is 4.53. The van der Waals surface area contributed by atoms with Crippen molar-refractivity contribution in [3.63, 3.8) is 0 Å². The van der Waals surface area contributed by atoms with E-state index in [4.69, 9.17) is 11.6 Å². The Morgan fingerprint density at radius 3 is 2.56 bits per heavy atom. The van der Waals surface area contributed by atoms with Gasteiger partial charge in [-0.05, 0) is 36.4 Å². The average molecular weight is 557 g/mol. The van der Waals surface area contributed by atoms with Gasteiger partial charge in [0.05, 0.1) is 11.1 Å². The molecular weight excluding hydrogens is 542 g/mol. The Bertz CT molecular complexity index is 1370. The van der Waals surface area contributed by atoms with E-state index >= 15 is 0 Å². The van der Waals surface area contributed by atoms with Gasteiger partial charge in [0.25, 0.3) is 11.6 Å². The van der Waals surface area contributed by atoms with E-state index in [9.17, 15) is 14.9 Å². The van der Waals surface area contributed by atoms with Gasteiger partial charge in [-0.25, -0.2) is 4.98 Å². The van der Waals surface area contributed by atoms with E-state index in [-0.39, 0.29) is 11.6 Å². The number of nitrogens with zero attached hydrogens (tertiary/aromatic N) is 3. The number of benzene rings is 3. The summed E-state index contributed by atoms with van der Waals surface area (Å²) in [5.74, 6) is -0.280. The molecule has 2 N–H and O–H groups in total. The first-order valence-corrected chi connectivity index (χ1v) is 11.7. The number of amides is 1. The predicted octanol–water partition coefficient (Wildman–Crippen LogP) is 6.83. The molecule has 1 aromatic heterocycles. The van der Waals surface area contributed by atoms with Crippen molar-refractivity contribution in [3.05, 3.63) is 104 Å². The maximum atomic E-state index is 12.8. The van der Waals surface area contributed by atoms with Crippen molar-refractivity contribution >= 4 is 66.8 Å². The SMILES string of the molecule is O=C(Nc1sc(NN=Cc2cccc([N+](=O)[O-])c2)nc1-c1ccc(Cl)cc1)c1ccc(Br)cc1. The van der Waals surface area contributed by atoms with Crippen molar-refractivity contribution in [2.45, 2.75) is 0 Å². The molecule has 0 aliphatic carbocycles. The number of aromatic nitrogens is 1. The number of nitrogens with one attached hydrogen (secondary N) is 2. The van der Waals surface area contributed by atoms with Gasteiger partial charge >= 0.3 is 0 Å². The zero-order valence-corrected chi connectivity index (χ0v) is 20.4. The smallest absolute Gasteiger partial charge is 0.270 e. The first-order valence-electron chi connectivity index (χ1n) is 9.76. The van der Waals surface area contributed by atoms with Crippen LogP contribution < -0.4 is 10.7 Å². The molecule has 4 rings (SSSR count). The number of hydrogen-bond acceptors (Lipinski definition) is 7. The highest BCUT2D eigenvalue weighted by molar-refractivity contribution is 9.10. The Hall–Kier alpha value is -3.60. The lowest BCUT2D eigenvalue weighted by Gasteiger charge is -2.06. The minimum atomic E-state index is -0.468. The number of anilines is 2. The zero-order valence-electron chi connectivity index (χ0n) is 17.2. The molecule has 170 valence electrons. The van der Waals surface area contributed by atoms with Crippen LogP contribution >= 0.6 is 38.9 Å². The highest BCUT2D eigenvalue weighted by Crippen LogP contribution is 2.36. The number of rotatable bonds is 7. The number of non-ortho nitro benzene ring substituents is 1. The number of nitro benzene ring substituents is 1. The molecule has 8 nitrogen and oxygen atoms in total. The van der Waals surface area contributed by atoms with Gasteiger partial charge in [-0.2, -0.15) is 5.10 Å². The first-order chi connectivity index (χ1) is 16.4. The summed E-state index contributed by atoms with van der Waals surface area (Å²) in [5, 5.41) is 19.5. The second kappa shape index (κ2) is 10.6. The quantitative estimate of drug-likeness (QED) is 0.147. The molecule has 1 heterocycles. The van der Waals surface area contributed by atoms with Crippen LogP contribution in [0.15, 0.2) is 82.4 Å². The fourth-order valence-corrected chi connectivity index (χ4v) is 4.14. The van der Waals surface area contributed by atoms with E-state index in [0.717, 1.165) is 10.0 Å². The van der Waals surface area contributed by atoms with Crippen molar-refractivity contribution < 1.29 is 9.72 Å². The summed E-state index contributed by atoms with van der Waals surface area (Å²) < 4.78 is 0.872. The maximum Gasteiger partial charge on any atom is 0.270 e. The summed E-state index contributed by atoms with van der Waals surface area (Å²) >= 11 is 10.6. The van der Waals surface area contributed by atoms with E-state index in [2.05, 4.69) is 36.8 Å². The number of halogens is 2. The molecule has 0 atom stereocenters. The molecule has 0 spiro atoms. The molecule has 4 aromatic rings. The Kier molecular flexibility index (Phi) is 7.31. The third kappa shape index (κ3) is 5.84. The molecule has 34 heavy (non-hydrogen) atoms. The summed E-state index contributed by atoms with van der Waals surface area (Å²) in [6.07, 6.45) is 1.45. The van der Waals surface area contributed by atoms with Crippen molar-refractivity contribution in [2.75, 3.05) is 10.7 Å². The van der Waals surface area contributed by atoms with Gasteiger partial charge in [0, 0.05) is 38.3 Å². The fourth-order valence-electron chi connectivity index (χ4n) is 2.91. The van der Waals surface area contributed by atoms with Crippen molar-refractivity contribution in [3.8, 4) is 11.3 Å². The largest absolute Gasteiger partial charge is 0.312 e. The summed E-state index contributed by atoms with van der Waals surface area (Å²) in [6, 6.07) is 20.2. The highest BCUT2D eigenvalue weighted by atomic mass is 79.9. The second-order valence-electron chi connectivity index (χ2n) is 6.89. The van der Waals surface area contributed by atoms with E-state index in [1.807, 2.05) is 12.1 Å². The van der Waals surface area contributed by atoms with Crippen LogP contribution in [0.5, 0.6) is 0 Å². The molecule has 0 saturated carbocycles. The lowest BCUT2D eigenvalue weighted by Crippen LogP contribution is -2.11. The number of hydrazone groups is 1. The van der Waals surface area contributed by atoms with Gasteiger partial charge in [0.1, 0.15) is 10.7 Å². The molecule has 1 amide bonds. The van der Waals surface area contributed by atoms with E-state index < -0.39 is 4.92 Å². The molecule has 0 unspecified atom stereocenters. The van der Waals surface area contributed by atoms with Crippen LogP contribution in [0, 0.1) is 10.1 Å². The fraction of sp³-hybridized carbons (Fsp3) is 0. The number of carbonyl (C=O) groups excluding carboxylic acids is 1. The lowest BCUT2D eigenvalue weighted by atomic mass is 10.1. The molecule has 11 heteroatoms. The van der Waals surface area contributed by atoms with Crippen LogP contribution in [0.3, 0.4) is 0 Å². The third-order valence-corrected chi connectivity index (χ3v) is 6.19. The first kappa shape index (κ1) is 23.6. The van der Waals surface area contributed by atoms with E-state index in [1.165, 1.54) is 29.7 Å². The van der Waals surface area contributed by atoms with Crippen LogP contribution in [0.25, 0.3) is 11.3 Å².